The third-order valence-electron chi connectivity index (χ3n) is 3.63. The molecule has 1 amide bonds. The second-order valence-electron chi connectivity index (χ2n) is 6.21. The quantitative estimate of drug-likeness (QED) is 0.890. The second kappa shape index (κ2) is 7.25. The minimum atomic E-state index is 0.00709. The van der Waals surface area contributed by atoms with Crippen molar-refractivity contribution in [3.63, 3.8) is 0 Å². The summed E-state index contributed by atoms with van der Waals surface area (Å²) in [7, 11) is 0. The molecule has 4 heteroatoms. The van der Waals surface area contributed by atoms with Crippen LogP contribution in [0.2, 0.25) is 0 Å². The summed E-state index contributed by atoms with van der Waals surface area (Å²) in [6.07, 6.45) is 2.93. The minimum absolute atomic E-state index is 0.00709. The van der Waals surface area contributed by atoms with Crippen molar-refractivity contribution in [1.82, 2.24) is 14.9 Å². The van der Waals surface area contributed by atoms with Crippen LogP contribution in [-0.4, -0.2) is 15.5 Å². The molecule has 0 radical (unpaired) electrons. The summed E-state index contributed by atoms with van der Waals surface area (Å²) in [5.74, 6) is 1.46. The van der Waals surface area contributed by atoms with Crippen LogP contribution in [0.5, 0.6) is 0 Å². The molecule has 0 aliphatic heterocycles. The van der Waals surface area contributed by atoms with Crippen LogP contribution in [0.25, 0.3) is 0 Å². The van der Waals surface area contributed by atoms with Crippen molar-refractivity contribution in [1.29, 1.82) is 0 Å². The average Bonchev–Trinajstić information content (AvgIpc) is 2.78. The van der Waals surface area contributed by atoms with Gasteiger partial charge in [-0.1, -0.05) is 44.2 Å². The lowest BCUT2D eigenvalue weighted by molar-refractivity contribution is -0.122. The van der Waals surface area contributed by atoms with Gasteiger partial charge in [0, 0.05) is 6.20 Å². The van der Waals surface area contributed by atoms with E-state index in [9.17, 15) is 4.79 Å². The lowest BCUT2D eigenvalue weighted by Gasteiger charge is -2.14. The molecule has 2 rings (SSSR count). The predicted molar refractivity (Wildman–Crippen MR) is 88.5 cm³/mol. The Morgan fingerprint density at radius 1 is 1.23 bits per heavy atom. The van der Waals surface area contributed by atoms with E-state index in [1.807, 2.05) is 54.9 Å². The number of hydrogen-bond acceptors (Lipinski definition) is 2. The highest BCUT2D eigenvalue weighted by Crippen LogP contribution is 2.12. The number of carbonyl (C=O) groups is 1. The van der Waals surface area contributed by atoms with Gasteiger partial charge in [-0.25, -0.2) is 4.98 Å². The molecule has 4 nitrogen and oxygen atoms in total. The molecule has 1 aromatic heterocycles. The van der Waals surface area contributed by atoms with Crippen molar-refractivity contribution in [2.45, 2.75) is 46.7 Å². The molecule has 0 spiro atoms. The van der Waals surface area contributed by atoms with E-state index in [2.05, 4.69) is 24.1 Å². The van der Waals surface area contributed by atoms with Gasteiger partial charge < -0.3 is 9.88 Å². The Morgan fingerprint density at radius 2 is 1.91 bits per heavy atom. The molecular formula is C18H25N3O. The summed E-state index contributed by atoms with van der Waals surface area (Å²) < 4.78 is 1.92. The lowest BCUT2D eigenvalue weighted by atomic mass is 10.1. The first-order valence-corrected chi connectivity index (χ1v) is 7.82. The van der Waals surface area contributed by atoms with Crippen LogP contribution in [-0.2, 0) is 17.8 Å². The molecule has 2 aromatic rings. The van der Waals surface area contributed by atoms with Gasteiger partial charge in [0.05, 0.1) is 11.7 Å². The molecule has 1 atom stereocenters. The number of rotatable bonds is 6. The third-order valence-corrected chi connectivity index (χ3v) is 3.63. The molecule has 1 aromatic carbocycles. The van der Waals surface area contributed by atoms with Crippen LogP contribution in [0.3, 0.4) is 0 Å². The Morgan fingerprint density at radius 3 is 2.55 bits per heavy atom. The van der Waals surface area contributed by atoms with Gasteiger partial charge in [-0.3, -0.25) is 4.79 Å². The zero-order chi connectivity index (χ0) is 16.1. The van der Waals surface area contributed by atoms with Crippen LogP contribution in [0, 0.1) is 12.8 Å². The summed E-state index contributed by atoms with van der Waals surface area (Å²) in [6.45, 7) is 8.59. The fraction of sp³-hybridized carbons (Fsp3) is 0.444. The van der Waals surface area contributed by atoms with Crippen molar-refractivity contribution >= 4 is 5.91 Å². The Hall–Kier alpha value is -2.10. The van der Waals surface area contributed by atoms with Crippen molar-refractivity contribution in [3.05, 3.63) is 53.6 Å². The maximum atomic E-state index is 12.2. The topological polar surface area (TPSA) is 46.9 Å². The Kier molecular flexibility index (Phi) is 5.36. The largest absolute Gasteiger partial charge is 0.348 e. The van der Waals surface area contributed by atoms with Gasteiger partial charge in [0.1, 0.15) is 12.4 Å². The standard InChI is InChI=1S/C18H25N3O/c1-13(2)10-17-11-21(15(4)20-17)12-18(22)19-14(3)16-8-6-5-7-9-16/h5-9,11,13-14H,10,12H2,1-4H3,(H,19,22)/t14-/m0/s1. The Bertz CT molecular complexity index is 617. The summed E-state index contributed by atoms with van der Waals surface area (Å²) in [4.78, 5) is 16.7. The number of carbonyl (C=O) groups excluding carboxylic acids is 1. The highest BCUT2D eigenvalue weighted by molar-refractivity contribution is 5.76. The van der Waals surface area contributed by atoms with Crippen molar-refractivity contribution < 1.29 is 4.79 Å². The fourth-order valence-electron chi connectivity index (χ4n) is 2.52. The number of amides is 1. The van der Waals surface area contributed by atoms with Crippen molar-refractivity contribution in [2.75, 3.05) is 0 Å². The van der Waals surface area contributed by atoms with E-state index in [1.54, 1.807) is 0 Å². The number of nitrogens with one attached hydrogen (secondary N) is 1. The first kappa shape index (κ1) is 16.3. The smallest absolute Gasteiger partial charge is 0.240 e. The third kappa shape index (κ3) is 4.45. The first-order valence-electron chi connectivity index (χ1n) is 7.82. The van der Waals surface area contributed by atoms with E-state index in [4.69, 9.17) is 0 Å². The fourth-order valence-corrected chi connectivity index (χ4v) is 2.52. The SMILES string of the molecule is Cc1nc(CC(C)C)cn1CC(=O)N[C@@H](C)c1ccccc1. The molecule has 22 heavy (non-hydrogen) atoms. The number of imidazole rings is 1. The molecule has 0 aliphatic rings. The number of nitrogens with zero attached hydrogens (tertiary/aromatic N) is 2. The van der Waals surface area contributed by atoms with E-state index in [0.29, 0.717) is 12.5 Å². The van der Waals surface area contributed by atoms with Crippen molar-refractivity contribution in [3.8, 4) is 0 Å². The zero-order valence-corrected chi connectivity index (χ0v) is 13.8. The highest BCUT2D eigenvalue weighted by atomic mass is 16.2. The monoisotopic (exact) mass is 299 g/mol. The summed E-state index contributed by atoms with van der Waals surface area (Å²) in [6, 6.07) is 9.99. The van der Waals surface area contributed by atoms with E-state index in [1.165, 1.54) is 0 Å². The van der Waals surface area contributed by atoms with Gasteiger partial charge in [0.15, 0.2) is 0 Å². The van der Waals surface area contributed by atoms with Crippen molar-refractivity contribution in [2.24, 2.45) is 5.92 Å². The van der Waals surface area contributed by atoms with E-state index in [-0.39, 0.29) is 11.9 Å². The predicted octanol–water partition coefficient (Wildman–Crippen LogP) is 3.27. The average molecular weight is 299 g/mol. The zero-order valence-electron chi connectivity index (χ0n) is 13.8. The van der Waals surface area contributed by atoms with Crippen LogP contribution in [0.1, 0.15) is 43.9 Å². The normalized spacial score (nSPS) is 12.4. The molecule has 0 bridgehead atoms. The summed E-state index contributed by atoms with van der Waals surface area (Å²) in [5, 5.41) is 3.03. The van der Waals surface area contributed by atoms with E-state index >= 15 is 0 Å². The molecule has 1 heterocycles. The lowest BCUT2D eigenvalue weighted by Crippen LogP contribution is -2.30. The highest BCUT2D eigenvalue weighted by Gasteiger charge is 2.12. The van der Waals surface area contributed by atoms with Crippen LogP contribution >= 0.6 is 0 Å². The van der Waals surface area contributed by atoms with Crippen LogP contribution in [0.4, 0.5) is 0 Å². The van der Waals surface area contributed by atoms with Crippen LogP contribution in [0.15, 0.2) is 36.5 Å². The summed E-state index contributed by atoms with van der Waals surface area (Å²) >= 11 is 0. The van der Waals surface area contributed by atoms with Crippen LogP contribution < -0.4 is 5.32 Å². The molecule has 0 aliphatic carbocycles. The minimum Gasteiger partial charge on any atom is -0.348 e. The van der Waals surface area contributed by atoms with Gasteiger partial charge in [-0.05, 0) is 31.7 Å². The van der Waals surface area contributed by atoms with Gasteiger partial charge in [0.25, 0.3) is 0 Å². The Balaban J connectivity index is 1.96. The number of benzene rings is 1. The molecule has 0 saturated heterocycles. The van der Waals surface area contributed by atoms with Gasteiger partial charge >= 0.3 is 0 Å². The molecule has 1 N–H and O–H groups in total. The first-order chi connectivity index (χ1) is 10.5. The van der Waals surface area contributed by atoms with Gasteiger partial charge in [0.2, 0.25) is 5.91 Å². The molecule has 0 fully saturated rings. The second-order valence-corrected chi connectivity index (χ2v) is 6.21. The molecule has 118 valence electrons. The molecular weight excluding hydrogens is 274 g/mol. The Labute approximate surface area is 132 Å². The van der Waals surface area contributed by atoms with E-state index in [0.717, 1.165) is 23.5 Å². The van der Waals surface area contributed by atoms with E-state index < -0.39 is 0 Å². The number of aromatic nitrogens is 2. The maximum Gasteiger partial charge on any atom is 0.240 e. The number of aryl methyl sites for hydroxylation is 1. The number of hydrogen-bond donors (Lipinski definition) is 1. The summed E-state index contributed by atoms with van der Waals surface area (Å²) in [5.41, 5.74) is 2.16. The molecule has 0 saturated carbocycles. The maximum absolute atomic E-state index is 12.2. The molecule has 0 unspecified atom stereocenters. The van der Waals surface area contributed by atoms with Gasteiger partial charge in [-0.2, -0.15) is 0 Å². The van der Waals surface area contributed by atoms with Gasteiger partial charge in [-0.15, -0.1) is 0 Å².